The Morgan fingerprint density at radius 2 is 1.89 bits per heavy atom. The van der Waals surface area contributed by atoms with Gasteiger partial charge in [0.25, 0.3) is 0 Å². The number of hydrogen-bond donors (Lipinski definition) is 1. The van der Waals surface area contributed by atoms with Crippen LogP contribution in [0.5, 0.6) is 0 Å². The predicted octanol–water partition coefficient (Wildman–Crippen LogP) is 5.16. The third kappa shape index (κ3) is 4.01. The molecular formula is C22H21F2N3O. The molecule has 1 aliphatic heterocycles. The van der Waals surface area contributed by atoms with Crippen LogP contribution < -0.4 is 10.2 Å². The summed E-state index contributed by atoms with van der Waals surface area (Å²) in [6.45, 7) is 4.24. The molecule has 2 aromatic carbocycles. The SMILES string of the molecule is C/C=C\C(=C/C)CN=C1NC(=O)N(c2ccc(F)c(F)c2)C1c1ccccc1. The number of aliphatic imine (C=N–C) groups is 1. The van der Waals surface area contributed by atoms with Crippen molar-refractivity contribution in [3.05, 3.63) is 89.5 Å². The molecular weight excluding hydrogens is 360 g/mol. The molecule has 1 aliphatic rings. The second-order valence-electron chi connectivity index (χ2n) is 6.28. The summed E-state index contributed by atoms with van der Waals surface area (Å²) in [5, 5.41) is 2.78. The van der Waals surface area contributed by atoms with Gasteiger partial charge in [-0.25, -0.2) is 13.6 Å². The van der Waals surface area contributed by atoms with Gasteiger partial charge in [0.05, 0.1) is 6.54 Å². The van der Waals surface area contributed by atoms with Crippen LogP contribution in [0.15, 0.2) is 77.3 Å². The number of anilines is 1. The fourth-order valence-corrected chi connectivity index (χ4v) is 3.08. The standard InChI is InChI=1S/C22H21F2N3O/c1-3-8-15(4-2)14-25-21-20(16-9-6-5-7-10-16)27(22(28)26-21)17-11-12-18(23)19(24)13-17/h3-13,20H,14H2,1-2H3,(H,25,26,28)/b8-3-,15-4+. The van der Waals surface area contributed by atoms with Crippen LogP contribution in [0.3, 0.4) is 0 Å². The highest BCUT2D eigenvalue weighted by molar-refractivity contribution is 6.16. The Morgan fingerprint density at radius 1 is 1.14 bits per heavy atom. The molecule has 0 bridgehead atoms. The van der Waals surface area contributed by atoms with Gasteiger partial charge in [-0.2, -0.15) is 0 Å². The van der Waals surface area contributed by atoms with Crippen molar-refractivity contribution in [3.8, 4) is 0 Å². The Balaban J connectivity index is 2.04. The molecule has 0 aromatic heterocycles. The maximum Gasteiger partial charge on any atom is 0.328 e. The lowest BCUT2D eigenvalue weighted by Crippen LogP contribution is -2.29. The van der Waals surface area contributed by atoms with Crippen molar-refractivity contribution in [2.45, 2.75) is 19.9 Å². The highest BCUT2D eigenvalue weighted by Crippen LogP contribution is 2.32. The first-order valence-electron chi connectivity index (χ1n) is 8.97. The average molecular weight is 381 g/mol. The van der Waals surface area contributed by atoms with Gasteiger partial charge in [-0.15, -0.1) is 0 Å². The number of amides is 2. The minimum Gasteiger partial charge on any atom is -0.294 e. The number of rotatable bonds is 5. The van der Waals surface area contributed by atoms with Gasteiger partial charge < -0.3 is 0 Å². The zero-order chi connectivity index (χ0) is 20.1. The Hall–Kier alpha value is -3.28. The van der Waals surface area contributed by atoms with E-state index in [0.29, 0.717) is 12.4 Å². The molecule has 1 fully saturated rings. The van der Waals surface area contributed by atoms with Gasteiger partial charge in [-0.3, -0.25) is 15.2 Å². The summed E-state index contributed by atoms with van der Waals surface area (Å²) >= 11 is 0. The minimum atomic E-state index is -1.01. The Kier molecular flexibility index (Phi) is 5.99. The number of nitrogens with one attached hydrogen (secondary N) is 1. The molecule has 1 heterocycles. The molecule has 2 aromatic rings. The summed E-state index contributed by atoms with van der Waals surface area (Å²) < 4.78 is 27.2. The number of amidine groups is 1. The number of allylic oxidation sites excluding steroid dienone is 2. The molecule has 28 heavy (non-hydrogen) atoms. The second kappa shape index (κ2) is 8.61. The first kappa shape index (κ1) is 19.5. The zero-order valence-electron chi connectivity index (χ0n) is 15.7. The number of benzene rings is 2. The van der Waals surface area contributed by atoms with Crippen molar-refractivity contribution in [2.75, 3.05) is 11.4 Å². The van der Waals surface area contributed by atoms with Crippen molar-refractivity contribution in [1.29, 1.82) is 0 Å². The molecule has 0 saturated carbocycles. The minimum absolute atomic E-state index is 0.259. The van der Waals surface area contributed by atoms with Gasteiger partial charge in [0.2, 0.25) is 0 Å². The van der Waals surface area contributed by atoms with E-state index >= 15 is 0 Å². The van der Waals surface area contributed by atoms with E-state index in [4.69, 9.17) is 0 Å². The molecule has 1 N–H and O–H groups in total. The highest BCUT2D eigenvalue weighted by Gasteiger charge is 2.39. The zero-order valence-corrected chi connectivity index (χ0v) is 15.7. The van der Waals surface area contributed by atoms with E-state index in [9.17, 15) is 13.6 Å². The van der Waals surface area contributed by atoms with Crippen LogP contribution in [-0.4, -0.2) is 18.4 Å². The van der Waals surface area contributed by atoms with Crippen molar-refractivity contribution in [1.82, 2.24) is 5.32 Å². The first-order chi connectivity index (χ1) is 13.5. The lowest BCUT2D eigenvalue weighted by atomic mass is 10.0. The van der Waals surface area contributed by atoms with E-state index < -0.39 is 23.7 Å². The number of urea groups is 1. The summed E-state index contributed by atoms with van der Waals surface area (Å²) in [5.41, 5.74) is 2.08. The van der Waals surface area contributed by atoms with E-state index in [-0.39, 0.29) is 5.69 Å². The summed E-state index contributed by atoms with van der Waals surface area (Å²) in [6.07, 6.45) is 5.82. The molecule has 0 spiro atoms. The average Bonchev–Trinajstić information content (AvgIpc) is 3.04. The summed E-state index contributed by atoms with van der Waals surface area (Å²) in [4.78, 5) is 18.7. The molecule has 4 nitrogen and oxygen atoms in total. The number of nitrogens with zero attached hydrogens (tertiary/aromatic N) is 2. The smallest absolute Gasteiger partial charge is 0.294 e. The lowest BCUT2D eigenvalue weighted by Gasteiger charge is -2.23. The summed E-state index contributed by atoms with van der Waals surface area (Å²) in [6, 6.07) is 11.8. The predicted molar refractivity (Wildman–Crippen MR) is 107 cm³/mol. The third-order valence-corrected chi connectivity index (χ3v) is 4.45. The maximum atomic E-state index is 13.8. The van der Waals surface area contributed by atoms with E-state index in [1.54, 1.807) is 0 Å². The van der Waals surface area contributed by atoms with E-state index in [1.807, 2.05) is 62.4 Å². The van der Waals surface area contributed by atoms with Gasteiger partial charge in [0.1, 0.15) is 11.9 Å². The molecule has 0 radical (unpaired) electrons. The lowest BCUT2D eigenvalue weighted by molar-refractivity contribution is 0.252. The van der Waals surface area contributed by atoms with Gasteiger partial charge in [0, 0.05) is 11.8 Å². The fourth-order valence-electron chi connectivity index (χ4n) is 3.08. The monoisotopic (exact) mass is 381 g/mol. The summed E-state index contributed by atoms with van der Waals surface area (Å²) in [5.74, 6) is -1.51. The van der Waals surface area contributed by atoms with Crippen molar-refractivity contribution in [3.63, 3.8) is 0 Å². The third-order valence-electron chi connectivity index (χ3n) is 4.45. The number of carbonyl (C=O) groups excluding carboxylic acids is 1. The molecule has 1 unspecified atom stereocenters. The molecule has 3 rings (SSSR count). The van der Waals surface area contributed by atoms with Crippen LogP contribution in [0.2, 0.25) is 0 Å². The first-order valence-corrected chi connectivity index (χ1v) is 8.97. The van der Waals surface area contributed by atoms with Gasteiger partial charge in [0.15, 0.2) is 11.6 Å². The van der Waals surface area contributed by atoms with Crippen LogP contribution in [0.4, 0.5) is 19.3 Å². The number of hydrogen-bond acceptors (Lipinski definition) is 2. The van der Waals surface area contributed by atoms with Gasteiger partial charge in [-0.05, 0) is 37.1 Å². The van der Waals surface area contributed by atoms with Crippen molar-refractivity contribution >= 4 is 17.6 Å². The topological polar surface area (TPSA) is 44.7 Å². The summed E-state index contributed by atoms with van der Waals surface area (Å²) in [7, 11) is 0. The normalized spacial score (nSPS) is 18.9. The van der Waals surface area contributed by atoms with E-state index in [1.165, 1.54) is 11.0 Å². The van der Waals surface area contributed by atoms with Crippen molar-refractivity contribution < 1.29 is 13.6 Å². The molecule has 6 heteroatoms. The number of halogens is 2. The molecule has 0 aliphatic carbocycles. The fraction of sp³-hybridized carbons (Fsp3) is 0.182. The van der Waals surface area contributed by atoms with Gasteiger partial charge in [-0.1, -0.05) is 48.6 Å². The van der Waals surface area contributed by atoms with Gasteiger partial charge >= 0.3 is 6.03 Å². The molecule has 1 saturated heterocycles. The number of carbonyl (C=O) groups is 1. The van der Waals surface area contributed by atoms with Crippen LogP contribution >= 0.6 is 0 Å². The van der Waals surface area contributed by atoms with Crippen LogP contribution in [-0.2, 0) is 0 Å². The van der Waals surface area contributed by atoms with E-state index in [2.05, 4.69) is 10.3 Å². The van der Waals surface area contributed by atoms with Crippen LogP contribution in [0.1, 0.15) is 25.5 Å². The maximum absolute atomic E-state index is 13.8. The Bertz CT molecular complexity index is 952. The van der Waals surface area contributed by atoms with Crippen molar-refractivity contribution in [2.24, 2.45) is 4.99 Å². The second-order valence-corrected chi connectivity index (χ2v) is 6.28. The molecule has 2 amide bonds. The largest absolute Gasteiger partial charge is 0.328 e. The molecule has 144 valence electrons. The van der Waals surface area contributed by atoms with E-state index in [0.717, 1.165) is 23.3 Å². The Labute approximate surface area is 162 Å². The quantitative estimate of drug-likeness (QED) is 0.715. The van der Waals surface area contributed by atoms with Crippen LogP contribution in [0, 0.1) is 11.6 Å². The Morgan fingerprint density at radius 3 is 2.54 bits per heavy atom. The highest BCUT2D eigenvalue weighted by atomic mass is 19.2. The molecule has 1 atom stereocenters. The van der Waals surface area contributed by atoms with Crippen LogP contribution in [0.25, 0.3) is 0 Å².